The molecular formula is C14H24N4. The van der Waals surface area contributed by atoms with Gasteiger partial charge < -0.3 is 10.2 Å². The number of nitrogens with zero attached hydrogens (tertiary/aromatic N) is 3. The summed E-state index contributed by atoms with van der Waals surface area (Å²) >= 11 is 0. The number of rotatable bonds is 2. The minimum absolute atomic E-state index is 0.568. The number of hydrogen-bond donors (Lipinski definition) is 1. The Bertz CT molecular complexity index is 430. The number of piperidine rings is 1. The average molecular weight is 248 g/mol. The predicted molar refractivity (Wildman–Crippen MR) is 76.3 cm³/mol. The summed E-state index contributed by atoms with van der Waals surface area (Å²) in [6.07, 6.45) is 2.57. The van der Waals surface area contributed by atoms with Crippen molar-refractivity contribution in [2.45, 2.75) is 46.6 Å². The lowest BCUT2D eigenvalue weighted by molar-refractivity contribution is 0.387. The van der Waals surface area contributed by atoms with Crippen LogP contribution in [0.2, 0.25) is 0 Å². The average Bonchev–Trinajstić information content (AvgIpc) is 2.35. The van der Waals surface area contributed by atoms with Crippen LogP contribution in [-0.2, 0) is 0 Å². The lowest BCUT2D eigenvalue weighted by atomic mass is 9.95. The summed E-state index contributed by atoms with van der Waals surface area (Å²) in [6, 6.07) is 0.568. The normalized spacial score (nSPS) is 24.2. The van der Waals surface area contributed by atoms with Gasteiger partial charge in [-0.05, 0) is 39.5 Å². The van der Waals surface area contributed by atoms with E-state index in [9.17, 15) is 0 Å². The van der Waals surface area contributed by atoms with E-state index in [0.29, 0.717) is 6.04 Å². The van der Waals surface area contributed by atoms with E-state index in [4.69, 9.17) is 0 Å². The van der Waals surface area contributed by atoms with Crippen molar-refractivity contribution in [2.75, 3.05) is 23.8 Å². The number of nitrogens with one attached hydrogen (secondary N) is 1. The van der Waals surface area contributed by atoms with Crippen LogP contribution < -0.4 is 10.2 Å². The third kappa shape index (κ3) is 2.42. The van der Waals surface area contributed by atoms with E-state index >= 15 is 0 Å². The van der Waals surface area contributed by atoms with Gasteiger partial charge in [0.05, 0.1) is 0 Å². The molecule has 0 aromatic carbocycles. The van der Waals surface area contributed by atoms with Gasteiger partial charge in [-0.15, -0.1) is 0 Å². The maximum Gasteiger partial charge on any atom is 0.137 e. The van der Waals surface area contributed by atoms with E-state index < -0.39 is 0 Å². The highest BCUT2D eigenvalue weighted by Gasteiger charge is 2.26. The highest BCUT2D eigenvalue weighted by atomic mass is 15.2. The molecule has 0 spiro atoms. The Balaban J connectivity index is 2.39. The first-order chi connectivity index (χ1) is 8.52. The zero-order valence-electron chi connectivity index (χ0n) is 12.1. The maximum absolute atomic E-state index is 4.66. The summed E-state index contributed by atoms with van der Waals surface area (Å²) in [6.45, 7) is 9.78. The zero-order chi connectivity index (χ0) is 13.3. The largest absolute Gasteiger partial charge is 0.373 e. The Labute approximate surface area is 110 Å². The highest BCUT2D eigenvalue weighted by molar-refractivity contribution is 5.59. The molecule has 4 heteroatoms. The van der Waals surface area contributed by atoms with Gasteiger partial charge in [-0.2, -0.15) is 0 Å². The van der Waals surface area contributed by atoms with Crippen LogP contribution in [0.15, 0.2) is 0 Å². The van der Waals surface area contributed by atoms with E-state index in [1.165, 1.54) is 12.8 Å². The van der Waals surface area contributed by atoms with Crippen LogP contribution >= 0.6 is 0 Å². The van der Waals surface area contributed by atoms with Gasteiger partial charge in [0.2, 0.25) is 0 Å². The van der Waals surface area contributed by atoms with Crippen LogP contribution in [0.1, 0.15) is 38.1 Å². The Morgan fingerprint density at radius 1 is 1.17 bits per heavy atom. The fourth-order valence-electron chi connectivity index (χ4n) is 2.72. The van der Waals surface area contributed by atoms with Gasteiger partial charge in [-0.25, -0.2) is 9.97 Å². The van der Waals surface area contributed by atoms with Crippen molar-refractivity contribution in [2.24, 2.45) is 5.92 Å². The van der Waals surface area contributed by atoms with Crippen LogP contribution in [0.4, 0.5) is 11.6 Å². The molecule has 18 heavy (non-hydrogen) atoms. The van der Waals surface area contributed by atoms with Gasteiger partial charge in [-0.3, -0.25) is 0 Å². The number of hydrogen-bond acceptors (Lipinski definition) is 4. The van der Waals surface area contributed by atoms with E-state index in [-0.39, 0.29) is 0 Å². The molecule has 1 aliphatic heterocycles. The molecule has 2 unspecified atom stereocenters. The van der Waals surface area contributed by atoms with Crippen molar-refractivity contribution >= 4 is 11.6 Å². The molecule has 1 saturated heterocycles. The summed E-state index contributed by atoms with van der Waals surface area (Å²) in [5.41, 5.74) is 1.16. The molecule has 2 rings (SSSR count). The Kier molecular flexibility index (Phi) is 3.73. The zero-order valence-corrected chi connectivity index (χ0v) is 12.1. The van der Waals surface area contributed by atoms with Crippen LogP contribution in [0.3, 0.4) is 0 Å². The van der Waals surface area contributed by atoms with E-state index in [2.05, 4.69) is 41.0 Å². The minimum Gasteiger partial charge on any atom is -0.373 e. The quantitative estimate of drug-likeness (QED) is 0.873. The summed E-state index contributed by atoms with van der Waals surface area (Å²) in [4.78, 5) is 11.6. The summed E-state index contributed by atoms with van der Waals surface area (Å²) in [5, 5.41) is 3.16. The molecule has 2 heterocycles. The van der Waals surface area contributed by atoms with Crippen LogP contribution in [-0.4, -0.2) is 29.6 Å². The minimum atomic E-state index is 0.568. The topological polar surface area (TPSA) is 41.1 Å². The molecule has 4 nitrogen and oxygen atoms in total. The first-order valence-corrected chi connectivity index (χ1v) is 6.82. The fraction of sp³-hybridized carbons (Fsp3) is 0.714. The Morgan fingerprint density at radius 2 is 1.89 bits per heavy atom. The molecule has 1 N–H and O–H groups in total. The lowest BCUT2D eigenvalue weighted by Crippen LogP contribution is -2.42. The van der Waals surface area contributed by atoms with Crippen molar-refractivity contribution in [1.29, 1.82) is 0 Å². The standard InChI is InChI=1S/C14H24N4/c1-9-6-7-10(2)18(8-9)14-11(3)13(15-5)16-12(4)17-14/h9-10H,6-8H2,1-5H3,(H,15,16,17). The fourth-order valence-corrected chi connectivity index (χ4v) is 2.72. The van der Waals surface area contributed by atoms with Gasteiger partial charge in [0, 0.05) is 25.2 Å². The van der Waals surface area contributed by atoms with Crippen LogP contribution in [0, 0.1) is 19.8 Å². The smallest absolute Gasteiger partial charge is 0.137 e. The molecule has 1 aromatic rings. The van der Waals surface area contributed by atoms with Crippen LogP contribution in [0.5, 0.6) is 0 Å². The highest BCUT2D eigenvalue weighted by Crippen LogP contribution is 2.30. The van der Waals surface area contributed by atoms with E-state index in [0.717, 1.165) is 35.5 Å². The molecule has 100 valence electrons. The molecule has 1 fully saturated rings. The number of aryl methyl sites for hydroxylation is 1. The molecular weight excluding hydrogens is 224 g/mol. The molecule has 0 aliphatic carbocycles. The summed E-state index contributed by atoms with van der Waals surface area (Å²) in [5.74, 6) is 3.63. The first kappa shape index (κ1) is 13.1. The third-order valence-electron chi connectivity index (χ3n) is 3.86. The first-order valence-electron chi connectivity index (χ1n) is 6.82. The van der Waals surface area contributed by atoms with Crippen molar-refractivity contribution in [3.8, 4) is 0 Å². The predicted octanol–water partition coefficient (Wildman–Crippen LogP) is 2.76. The number of anilines is 2. The van der Waals surface area contributed by atoms with Crippen molar-refractivity contribution in [3.63, 3.8) is 0 Å². The second kappa shape index (κ2) is 5.12. The molecule has 0 bridgehead atoms. The van der Waals surface area contributed by atoms with Gasteiger partial charge in [0.1, 0.15) is 17.5 Å². The molecule has 1 aliphatic rings. The SMILES string of the molecule is CNc1nc(C)nc(N2CC(C)CCC2C)c1C. The van der Waals surface area contributed by atoms with Gasteiger partial charge in [-0.1, -0.05) is 6.92 Å². The Hall–Kier alpha value is -1.32. The molecule has 0 radical (unpaired) electrons. The van der Waals surface area contributed by atoms with Crippen molar-refractivity contribution in [1.82, 2.24) is 9.97 Å². The lowest BCUT2D eigenvalue weighted by Gasteiger charge is -2.38. The molecule has 0 amide bonds. The van der Waals surface area contributed by atoms with Crippen LogP contribution in [0.25, 0.3) is 0 Å². The molecule has 1 aromatic heterocycles. The Morgan fingerprint density at radius 3 is 2.56 bits per heavy atom. The maximum atomic E-state index is 4.66. The molecule has 2 atom stereocenters. The summed E-state index contributed by atoms with van der Waals surface area (Å²) in [7, 11) is 1.92. The van der Waals surface area contributed by atoms with Gasteiger partial charge in [0.15, 0.2) is 0 Å². The van der Waals surface area contributed by atoms with E-state index in [1.807, 2.05) is 14.0 Å². The third-order valence-corrected chi connectivity index (χ3v) is 3.86. The second-order valence-corrected chi connectivity index (χ2v) is 5.50. The summed E-state index contributed by atoms with van der Waals surface area (Å²) < 4.78 is 0. The van der Waals surface area contributed by atoms with E-state index in [1.54, 1.807) is 0 Å². The van der Waals surface area contributed by atoms with Gasteiger partial charge >= 0.3 is 0 Å². The second-order valence-electron chi connectivity index (χ2n) is 5.50. The molecule has 0 saturated carbocycles. The van der Waals surface area contributed by atoms with Crippen molar-refractivity contribution < 1.29 is 0 Å². The van der Waals surface area contributed by atoms with Gasteiger partial charge in [0.25, 0.3) is 0 Å². The van der Waals surface area contributed by atoms with Crippen molar-refractivity contribution in [3.05, 3.63) is 11.4 Å². The number of aromatic nitrogens is 2. The monoisotopic (exact) mass is 248 g/mol.